The van der Waals surface area contributed by atoms with Crippen molar-refractivity contribution in [2.24, 2.45) is 0 Å². The number of thiophene rings is 1. The molecule has 11 aromatic rings. The molecule has 0 bridgehead atoms. The minimum atomic E-state index is 0.891. The molecule has 0 amide bonds. The minimum Gasteiger partial charge on any atom is -0.294 e. The van der Waals surface area contributed by atoms with E-state index in [2.05, 4.69) is 184 Å². The van der Waals surface area contributed by atoms with Gasteiger partial charge in [-0.25, -0.2) is 9.97 Å². The molecule has 0 spiro atoms. The molecule has 254 valence electrons. The van der Waals surface area contributed by atoms with E-state index in [1.165, 1.54) is 31.6 Å². The third kappa shape index (κ3) is 4.84. The van der Waals surface area contributed by atoms with Gasteiger partial charge in [0.2, 0.25) is 0 Å². The normalized spacial score (nSPS) is 11.8. The van der Waals surface area contributed by atoms with E-state index in [1.54, 1.807) is 11.3 Å². The molecular weight excluding hydrogens is 697 g/mol. The number of fused-ring (bicyclic) bond motifs is 7. The smallest absolute Gasteiger partial charge is 0.138 e. The van der Waals surface area contributed by atoms with E-state index in [9.17, 15) is 0 Å². The maximum absolute atomic E-state index is 5.26. The predicted molar refractivity (Wildman–Crippen MR) is 230 cm³/mol. The van der Waals surface area contributed by atoms with Crippen LogP contribution >= 0.6 is 24.0 Å². The summed E-state index contributed by atoms with van der Waals surface area (Å²) in [6.07, 6.45) is 0. The molecule has 0 aliphatic carbocycles. The van der Waals surface area contributed by atoms with Crippen molar-refractivity contribution in [2.75, 3.05) is 0 Å². The summed E-state index contributed by atoms with van der Waals surface area (Å²) in [7, 11) is 0. The summed E-state index contributed by atoms with van der Waals surface area (Å²) in [5.74, 6) is 1.79. The summed E-state index contributed by atoms with van der Waals surface area (Å²) in [6.45, 7) is 0. The first-order valence-corrected chi connectivity index (χ1v) is 19.3. The van der Waals surface area contributed by atoms with Crippen molar-refractivity contribution in [3.8, 4) is 45.3 Å². The number of para-hydroxylation sites is 4. The number of nitrogens with zero attached hydrogens (tertiary/aromatic N) is 4. The maximum Gasteiger partial charge on any atom is 0.138 e. The van der Waals surface area contributed by atoms with Gasteiger partial charge in [0, 0.05) is 53.2 Å². The van der Waals surface area contributed by atoms with E-state index in [-0.39, 0.29) is 0 Å². The molecule has 0 N–H and O–H groups in total. The third-order valence-electron chi connectivity index (χ3n) is 10.5. The lowest BCUT2D eigenvalue weighted by Gasteiger charge is -2.12. The average molecular weight is 727 g/mol. The summed E-state index contributed by atoms with van der Waals surface area (Å²) < 4.78 is 5.75. The Balaban J connectivity index is 1.00. The van der Waals surface area contributed by atoms with Crippen LogP contribution in [0, 0.1) is 0 Å². The molecule has 0 saturated heterocycles. The van der Waals surface area contributed by atoms with Crippen LogP contribution in [0.4, 0.5) is 0 Å². The topological polar surface area (TPSA) is 35.6 Å². The molecule has 0 atom stereocenters. The molecule has 0 unspecified atom stereocenters. The lowest BCUT2D eigenvalue weighted by molar-refractivity contribution is 1.08. The quantitative estimate of drug-likeness (QED) is 0.179. The molecule has 0 fully saturated rings. The van der Waals surface area contributed by atoms with Crippen LogP contribution in [-0.2, 0) is 0 Å². The lowest BCUT2D eigenvalue weighted by Crippen LogP contribution is -1.98. The lowest BCUT2D eigenvalue weighted by atomic mass is 9.99. The van der Waals surface area contributed by atoms with Gasteiger partial charge >= 0.3 is 0 Å². The van der Waals surface area contributed by atoms with Crippen LogP contribution in [0.1, 0.15) is 0 Å². The summed E-state index contributed by atoms with van der Waals surface area (Å²) in [5.41, 5.74) is 10.8. The van der Waals surface area contributed by atoms with Crippen molar-refractivity contribution in [2.45, 2.75) is 4.90 Å². The van der Waals surface area contributed by atoms with Gasteiger partial charge in [-0.15, -0.1) is 24.0 Å². The Morgan fingerprint density at radius 3 is 1.39 bits per heavy atom. The van der Waals surface area contributed by atoms with Crippen molar-refractivity contribution in [1.29, 1.82) is 0 Å². The van der Waals surface area contributed by atoms with Crippen LogP contribution < -0.4 is 0 Å². The molecule has 5 heterocycles. The SMILES string of the molecule is Sc1ccc(-c2cccc(-n3c4ccccc4c4ccccc43)n2)cc1-c1csc2ccc(-c3cccc(-n4c5ccccc5c5ccccc54)n3)cc12. The van der Waals surface area contributed by atoms with E-state index < -0.39 is 0 Å². The highest BCUT2D eigenvalue weighted by Crippen LogP contribution is 2.41. The number of pyridine rings is 2. The average Bonchev–Trinajstić information content (AvgIpc) is 3.91. The van der Waals surface area contributed by atoms with E-state index in [0.717, 1.165) is 72.2 Å². The van der Waals surface area contributed by atoms with Crippen LogP contribution in [0.5, 0.6) is 0 Å². The molecule has 0 aliphatic heterocycles. The predicted octanol–water partition coefficient (Wildman–Crippen LogP) is 13.2. The van der Waals surface area contributed by atoms with Gasteiger partial charge in [0.1, 0.15) is 11.6 Å². The third-order valence-corrected chi connectivity index (χ3v) is 11.9. The fourth-order valence-corrected chi connectivity index (χ4v) is 9.26. The molecule has 0 radical (unpaired) electrons. The highest BCUT2D eigenvalue weighted by Gasteiger charge is 2.17. The van der Waals surface area contributed by atoms with Crippen molar-refractivity contribution in [3.63, 3.8) is 0 Å². The fourth-order valence-electron chi connectivity index (χ4n) is 8.06. The Hall–Kier alpha value is -6.47. The summed E-state index contributed by atoms with van der Waals surface area (Å²) in [4.78, 5) is 11.4. The number of rotatable bonds is 5. The fraction of sp³-hybridized carbons (Fsp3) is 0. The van der Waals surface area contributed by atoms with Crippen LogP contribution in [0.2, 0.25) is 0 Å². The van der Waals surface area contributed by atoms with Gasteiger partial charge in [-0.05, 0) is 83.7 Å². The minimum absolute atomic E-state index is 0.891. The molecule has 4 nitrogen and oxygen atoms in total. The van der Waals surface area contributed by atoms with Gasteiger partial charge in [-0.1, -0.05) is 97.1 Å². The van der Waals surface area contributed by atoms with Crippen LogP contribution in [-0.4, -0.2) is 19.1 Å². The molecule has 5 aromatic heterocycles. The Morgan fingerprint density at radius 2 is 0.870 bits per heavy atom. The van der Waals surface area contributed by atoms with Gasteiger partial charge < -0.3 is 0 Å². The Kier molecular flexibility index (Phi) is 7.09. The number of benzene rings is 6. The summed E-state index contributed by atoms with van der Waals surface area (Å²) >= 11 is 6.74. The second kappa shape index (κ2) is 12.3. The van der Waals surface area contributed by atoms with E-state index in [4.69, 9.17) is 22.6 Å². The van der Waals surface area contributed by atoms with Crippen molar-refractivity contribution in [1.82, 2.24) is 19.1 Å². The molecule has 0 aliphatic rings. The zero-order valence-corrected chi connectivity index (χ0v) is 30.6. The summed E-state index contributed by atoms with van der Waals surface area (Å²) in [5, 5.41) is 8.32. The Labute approximate surface area is 320 Å². The zero-order valence-electron chi connectivity index (χ0n) is 28.9. The highest BCUT2D eigenvalue weighted by molar-refractivity contribution is 7.80. The van der Waals surface area contributed by atoms with Gasteiger partial charge in [-0.2, -0.15) is 0 Å². The standard InChI is InChI=1S/C48H30N4S2/c53-45-25-23-30(39-15-9-21-47(49-39)51-41-17-5-1-11-32(41)33-12-2-6-18-42(33)51)27-36(45)38-29-54-46-26-24-31(28-37(38)46)40-16-10-22-48(50-40)52-43-19-7-3-13-34(43)35-14-4-8-20-44(35)52/h1-29,53H. The second-order valence-electron chi connectivity index (χ2n) is 13.6. The number of aromatic nitrogens is 4. The maximum atomic E-state index is 5.26. The van der Waals surface area contributed by atoms with Gasteiger partial charge in [0.25, 0.3) is 0 Å². The first-order valence-electron chi connectivity index (χ1n) is 18.0. The second-order valence-corrected chi connectivity index (χ2v) is 15.0. The van der Waals surface area contributed by atoms with E-state index in [1.807, 2.05) is 0 Å². The van der Waals surface area contributed by atoms with E-state index >= 15 is 0 Å². The first-order chi connectivity index (χ1) is 26.7. The first kappa shape index (κ1) is 31.1. The van der Waals surface area contributed by atoms with Crippen molar-refractivity contribution >= 4 is 77.7 Å². The van der Waals surface area contributed by atoms with Crippen LogP contribution in [0.25, 0.3) is 99.0 Å². The molecule has 54 heavy (non-hydrogen) atoms. The van der Waals surface area contributed by atoms with Gasteiger partial charge in [0.15, 0.2) is 0 Å². The molecular formula is C48H30N4S2. The number of hydrogen-bond donors (Lipinski definition) is 1. The molecule has 11 rings (SSSR count). The summed E-state index contributed by atoms with van der Waals surface area (Å²) in [6, 6.07) is 59.9. The largest absolute Gasteiger partial charge is 0.294 e. The number of hydrogen-bond acceptors (Lipinski definition) is 4. The van der Waals surface area contributed by atoms with Crippen LogP contribution in [0.15, 0.2) is 180 Å². The van der Waals surface area contributed by atoms with E-state index in [0.29, 0.717) is 0 Å². The Morgan fingerprint density at radius 1 is 0.407 bits per heavy atom. The highest BCUT2D eigenvalue weighted by atomic mass is 32.1. The molecule has 6 heteroatoms. The van der Waals surface area contributed by atoms with Gasteiger partial charge in [-0.3, -0.25) is 9.13 Å². The van der Waals surface area contributed by atoms with Crippen molar-refractivity contribution in [3.05, 3.63) is 175 Å². The van der Waals surface area contributed by atoms with Crippen LogP contribution in [0.3, 0.4) is 0 Å². The monoisotopic (exact) mass is 726 g/mol. The Bertz CT molecular complexity index is 3150. The number of thiol groups is 1. The zero-order chi connectivity index (χ0) is 35.8. The molecule has 0 saturated carbocycles. The van der Waals surface area contributed by atoms with Gasteiger partial charge in [0.05, 0.1) is 33.5 Å². The van der Waals surface area contributed by atoms with Crippen molar-refractivity contribution < 1.29 is 0 Å². The molecule has 6 aromatic carbocycles.